The fourth-order valence-corrected chi connectivity index (χ4v) is 3.99. The number of benzene rings is 1. The highest BCUT2D eigenvalue weighted by molar-refractivity contribution is 8.03. The molecular weight excluding hydrogens is 404 g/mol. The number of furan rings is 1. The van der Waals surface area contributed by atoms with Crippen LogP contribution in [0, 0.1) is 11.3 Å². The molecule has 2 aromatic rings. The van der Waals surface area contributed by atoms with Crippen LogP contribution in [0.5, 0.6) is 5.75 Å². The van der Waals surface area contributed by atoms with Crippen LogP contribution in [0.2, 0.25) is 0 Å². The first kappa shape index (κ1) is 21.1. The van der Waals surface area contributed by atoms with E-state index >= 15 is 0 Å². The number of amides is 2. The maximum atomic E-state index is 12.4. The quantitative estimate of drug-likeness (QED) is 0.623. The highest BCUT2D eigenvalue weighted by Crippen LogP contribution is 2.40. The van der Waals surface area contributed by atoms with Gasteiger partial charge in [-0.15, -0.1) is 0 Å². The maximum Gasteiger partial charge on any atom is 0.247 e. The molecule has 8 nitrogen and oxygen atoms in total. The SMILES string of the molecule is COc1ccc(NC(=O)CSC2=C(C#N)[C@H](c3ccco3)C(C(N)=O)=C(C)N2)cc1. The molecule has 0 fully saturated rings. The van der Waals surface area contributed by atoms with Crippen LogP contribution in [-0.2, 0) is 9.59 Å². The van der Waals surface area contributed by atoms with Crippen molar-refractivity contribution in [2.75, 3.05) is 18.2 Å². The predicted octanol–water partition coefficient (Wildman–Crippen LogP) is 2.84. The number of dihydropyridines is 1. The summed E-state index contributed by atoms with van der Waals surface area (Å²) in [6, 6.07) is 12.5. The molecule has 9 heteroatoms. The van der Waals surface area contributed by atoms with E-state index in [0.717, 1.165) is 11.8 Å². The average Bonchev–Trinajstić information content (AvgIpc) is 3.26. The van der Waals surface area contributed by atoms with Crippen molar-refractivity contribution in [2.45, 2.75) is 12.8 Å². The summed E-state index contributed by atoms with van der Waals surface area (Å²) in [5, 5.41) is 16.1. The van der Waals surface area contributed by atoms with Gasteiger partial charge >= 0.3 is 0 Å². The highest BCUT2D eigenvalue weighted by atomic mass is 32.2. The molecule has 154 valence electrons. The van der Waals surface area contributed by atoms with Gasteiger partial charge in [0.2, 0.25) is 11.8 Å². The minimum absolute atomic E-state index is 0.0591. The van der Waals surface area contributed by atoms with Crippen LogP contribution in [0.1, 0.15) is 18.6 Å². The molecule has 0 aliphatic carbocycles. The van der Waals surface area contributed by atoms with E-state index in [1.807, 2.05) is 0 Å². The van der Waals surface area contributed by atoms with Crippen LogP contribution in [0.3, 0.4) is 0 Å². The normalized spacial score (nSPS) is 16.0. The number of nitrogens with one attached hydrogen (secondary N) is 2. The van der Waals surface area contributed by atoms with Crippen molar-refractivity contribution in [3.8, 4) is 11.8 Å². The molecule has 1 aromatic carbocycles. The third-order valence-corrected chi connectivity index (χ3v) is 5.48. The van der Waals surface area contributed by atoms with Gasteiger partial charge in [-0.2, -0.15) is 5.26 Å². The zero-order valence-corrected chi connectivity index (χ0v) is 17.2. The Kier molecular flexibility index (Phi) is 6.49. The number of carbonyl (C=O) groups excluding carboxylic acids is 2. The molecule has 1 atom stereocenters. The standard InChI is InChI=1S/C21H20N4O4S/c1-12-18(20(23)27)19(16-4-3-9-29-16)15(10-22)21(24-12)30-11-17(26)25-13-5-7-14(28-2)8-6-13/h3-9,19,24H,11H2,1-2H3,(H2,23,27)(H,25,26)/t19-/m1/s1. The van der Waals surface area contributed by atoms with Crippen LogP contribution in [0.4, 0.5) is 5.69 Å². The van der Waals surface area contributed by atoms with Crippen LogP contribution < -0.4 is 21.1 Å². The Hall–Kier alpha value is -3.64. The molecular formula is C21H20N4O4S. The lowest BCUT2D eigenvalue weighted by Gasteiger charge is -2.27. The Labute approximate surface area is 177 Å². The number of hydrogen-bond acceptors (Lipinski definition) is 7. The Morgan fingerprint density at radius 2 is 2.07 bits per heavy atom. The largest absolute Gasteiger partial charge is 0.497 e. The number of carbonyl (C=O) groups is 2. The molecule has 4 N–H and O–H groups in total. The summed E-state index contributed by atoms with van der Waals surface area (Å²) in [4.78, 5) is 24.4. The second kappa shape index (κ2) is 9.24. The van der Waals surface area contributed by atoms with Gasteiger partial charge in [0.15, 0.2) is 0 Å². The second-order valence-corrected chi connectivity index (χ2v) is 7.38. The van der Waals surface area contributed by atoms with Gasteiger partial charge in [0.05, 0.1) is 47.3 Å². The fourth-order valence-electron chi connectivity index (χ4n) is 3.10. The van der Waals surface area contributed by atoms with Crippen molar-refractivity contribution in [1.82, 2.24) is 5.32 Å². The molecule has 0 saturated heterocycles. The van der Waals surface area contributed by atoms with Crippen molar-refractivity contribution in [2.24, 2.45) is 5.73 Å². The van der Waals surface area contributed by atoms with Crippen molar-refractivity contribution < 1.29 is 18.7 Å². The lowest BCUT2D eigenvalue weighted by Crippen LogP contribution is -2.31. The number of hydrogen-bond donors (Lipinski definition) is 3. The molecule has 2 heterocycles. The van der Waals surface area contributed by atoms with Gasteiger partial charge in [0.25, 0.3) is 0 Å². The third kappa shape index (κ3) is 4.50. The molecule has 2 amide bonds. The lowest BCUT2D eigenvalue weighted by molar-refractivity contribution is -0.115. The number of methoxy groups -OCH3 is 1. The summed E-state index contributed by atoms with van der Waals surface area (Å²) < 4.78 is 10.5. The first-order chi connectivity index (χ1) is 14.4. The molecule has 1 aliphatic heterocycles. The van der Waals surface area contributed by atoms with E-state index in [1.165, 1.54) is 6.26 Å². The number of primary amides is 1. The van der Waals surface area contributed by atoms with Crippen molar-refractivity contribution >= 4 is 29.3 Å². The van der Waals surface area contributed by atoms with E-state index in [4.69, 9.17) is 14.9 Å². The van der Waals surface area contributed by atoms with E-state index in [0.29, 0.717) is 27.9 Å². The maximum absolute atomic E-state index is 12.4. The summed E-state index contributed by atoms with van der Waals surface area (Å²) in [6.45, 7) is 1.70. The molecule has 1 aromatic heterocycles. The molecule has 0 spiro atoms. The molecule has 1 aliphatic rings. The summed E-state index contributed by atoms with van der Waals surface area (Å²) in [5.74, 6) is -0.431. The number of nitrogens with zero attached hydrogens (tertiary/aromatic N) is 1. The van der Waals surface area contributed by atoms with E-state index in [-0.39, 0.29) is 22.8 Å². The summed E-state index contributed by atoms with van der Waals surface area (Å²) in [7, 11) is 1.57. The zero-order chi connectivity index (χ0) is 21.7. The van der Waals surface area contributed by atoms with Crippen molar-refractivity contribution in [1.29, 1.82) is 5.26 Å². The molecule has 0 radical (unpaired) electrons. The Morgan fingerprint density at radius 1 is 1.33 bits per heavy atom. The van der Waals surface area contributed by atoms with Gasteiger partial charge in [-0.25, -0.2) is 0 Å². The van der Waals surface area contributed by atoms with Gasteiger partial charge in [-0.3, -0.25) is 9.59 Å². The average molecular weight is 424 g/mol. The summed E-state index contributed by atoms with van der Waals surface area (Å²) in [6.07, 6.45) is 1.47. The number of nitrogens with two attached hydrogens (primary N) is 1. The molecule has 0 bridgehead atoms. The minimum Gasteiger partial charge on any atom is -0.497 e. The fraction of sp³-hybridized carbons (Fsp3) is 0.190. The smallest absolute Gasteiger partial charge is 0.247 e. The number of anilines is 1. The van der Waals surface area contributed by atoms with Crippen LogP contribution in [0.25, 0.3) is 0 Å². The summed E-state index contributed by atoms with van der Waals surface area (Å²) in [5.41, 5.74) is 7.23. The molecule has 0 saturated carbocycles. The first-order valence-electron chi connectivity index (χ1n) is 8.96. The monoisotopic (exact) mass is 424 g/mol. The number of rotatable bonds is 7. The van der Waals surface area contributed by atoms with Crippen LogP contribution in [-0.4, -0.2) is 24.7 Å². The van der Waals surface area contributed by atoms with Crippen LogP contribution >= 0.6 is 11.8 Å². The third-order valence-electron chi connectivity index (χ3n) is 4.46. The van der Waals surface area contributed by atoms with Crippen LogP contribution in [0.15, 0.2) is 69.0 Å². The Bertz CT molecular complexity index is 1050. The molecule has 3 rings (SSSR count). The second-order valence-electron chi connectivity index (χ2n) is 6.40. The number of allylic oxidation sites excluding steroid dienone is 2. The molecule has 30 heavy (non-hydrogen) atoms. The number of ether oxygens (including phenoxy) is 1. The van der Waals surface area contributed by atoms with Gasteiger partial charge in [0.1, 0.15) is 11.5 Å². The van der Waals surface area contributed by atoms with Gasteiger partial charge in [-0.1, -0.05) is 11.8 Å². The number of thioether (sulfide) groups is 1. The van der Waals surface area contributed by atoms with Crippen molar-refractivity contribution in [3.05, 3.63) is 70.3 Å². The highest BCUT2D eigenvalue weighted by Gasteiger charge is 2.35. The lowest BCUT2D eigenvalue weighted by atomic mass is 9.86. The predicted molar refractivity (Wildman–Crippen MR) is 113 cm³/mol. The summed E-state index contributed by atoms with van der Waals surface area (Å²) >= 11 is 1.16. The van der Waals surface area contributed by atoms with E-state index in [2.05, 4.69) is 16.7 Å². The number of nitriles is 1. The van der Waals surface area contributed by atoms with Gasteiger partial charge < -0.3 is 25.5 Å². The topological polar surface area (TPSA) is 130 Å². The first-order valence-corrected chi connectivity index (χ1v) is 9.95. The Morgan fingerprint density at radius 3 is 2.63 bits per heavy atom. The van der Waals surface area contributed by atoms with E-state index in [9.17, 15) is 14.9 Å². The Balaban J connectivity index is 1.78. The van der Waals surface area contributed by atoms with Gasteiger partial charge in [0, 0.05) is 11.4 Å². The van der Waals surface area contributed by atoms with Gasteiger partial charge in [-0.05, 0) is 43.3 Å². The minimum atomic E-state index is -0.726. The van der Waals surface area contributed by atoms with E-state index < -0.39 is 11.8 Å². The zero-order valence-electron chi connectivity index (χ0n) is 16.4. The molecule has 0 unspecified atom stereocenters. The van der Waals surface area contributed by atoms with E-state index in [1.54, 1.807) is 50.4 Å². The van der Waals surface area contributed by atoms with Crippen molar-refractivity contribution in [3.63, 3.8) is 0 Å².